The molecule has 2 N–H and O–H groups in total. The van der Waals surface area contributed by atoms with Crippen LogP contribution in [0.2, 0.25) is 0 Å². The molecular formula is C20H29N3O2. The number of carbonyl (C=O) groups is 2. The molecule has 2 fully saturated rings. The number of benzene rings is 1. The maximum Gasteiger partial charge on any atom is 0.251 e. The van der Waals surface area contributed by atoms with Crippen molar-refractivity contribution in [1.29, 1.82) is 0 Å². The number of nitrogens with one attached hydrogen (secondary N) is 2. The van der Waals surface area contributed by atoms with E-state index < -0.39 is 0 Å². The van der Waals surface area contributed by atoms with Gasteiger partial charge in [-0.2, -0.15) is 0 Å². The van der Waals surface area contributed by atoms with Gasteiger partial charge in [0.1, 0.15) is 0 Å². The summed E-state index contributed by atoms with van der Waals surface area (Å²) in [5.74, 6) is 0.143. The van der Waals surface area contributed by atoms with Gasteiger partial charge in [-0.25, -0.2) is 0 Å². The zero-order valence-electron chi connectivity index (χ0n) is 15.0. The predicted molar refractivity (Wildman–Crippen MR) is 98.4 cm³/mol. The van der Waals surface area contributed by atoms with Gasteiger partial charge in [-0.3, -0.25) is 14.5 Å². The lowest BCUT2D eigenvalue weighted by atomic mass is 10.0. The van der Waals surface area contributed by atoms with E-state index in [1.54, 1.807) is 0 Å². The zero-order valence-corrected chi connectivity index (χ0v) is 15.0. The largest absolute Gasteiger partial charge is 0.352 e. The third-order valence-electron chi connectivity index (χ3n) is 5.53. The van der Waals surface area contributed by atoms with Crippen molar-refractivity contribution in [3.8, 4) is 0 Å². The Balaban J connectivity index is 1.43. The van der Waals surface area contributed by atoms with Crippen molar-refractivity contribution < 1.29 is 9.59 Å². The van der Waals surface area contributed by atoms with Crippen molar-refractivity contribution >= 4 is 11.8 Å². The molecule has 1 aromatic carbocycles. The number of likely N-dealkylation sites (tertiary alicyclic amines) is 1. The number of piperidine rings is 1. The lowest BCUT2D eigenvalue weighted by Gasteiger charge is -2.36. The fourth-order valence-electron chi connectivity index (χ4n) is 3.85. The fourth-order valence-corrected chi connectivity index (χ4v) is 3.85. The molecule has 3 rings (SSSR count). The quantitative estimate of drug-likeness (QED) is 0.862. The molecule has 2 aliphatic rings. The van der Waals surface area contributed by atoms with Gasteiger partial charge in [0.05, 0.1) is 6.04 Å². The van der Waals surface area contributed by atoms with Gasteiger partial charge in [0, 0.05) is 30.7 Å². The van der Waals surface area contributed by atoms with E-state index in [2.05, 4.69) is 15.5 Å². The summed E-state index contributed by atoms with van der Waals surface area (Å²) in [7, 11) is 0. The highest BCUT2D eigenvalue weighted by Gasteiger charge is 2.28. The molecule has 25 heavy (non-hydrogen) atoms. The SMILES string of the molecule is C[C@@H](C(=O)NC1CCCC1)N1CCC(NC(=O)c2ccccc2)CC1. The van der Waals surface area contributed by atoms with Gasteiger partial charge in [0.15, 0.2) is 0 Å². The molecule has 0 radical (unpaired) electrons. The maximum atomic E-state index is 12.4. The van der Waals surface area contributed by atoms with Crippen LogP contribution in [0.3, 0.4) is 0 Å². The van der Waals surface area contributed by atoms with Crippen molar-refractivity contribution in [1.82, 2.24) is 15.5 Å². The normalized spacial score (nSPS) is 21.0. The van der Waals surface area contributed by atoms with Crippen LogP contribution in [0.1, 0.15) is 55.8 Å². The van der Waals surface area contributed by atoms with E-state index in [1.807, 2.05) is 37.3 Å². The highest BCUT2D eigenvalue weighted by molar-refractivity contribution is 5.94. The Morgan fingerprint density at radius 2 is 1.56 bits per heavy atom. The Kier molecular flexibility index (Phi) is 6.08. The molecule has 1 saturated carbocycles. The Bertz CT molecular complexity index is 576. The fraction of sp³-hybridized carbons (Fsp3) is 0.600. The summed E-state index contributed by atoms with van der Waals surface area (Å²) in [5, 5.41) is 6.31. The predicted octanol–water partition coefficient (Wildman–Crippen LogP) is 2.33. The molecule has 1 aliphatic carbocycles. The summed E-state index contributed by atoms with van der Waals surface area (Å²) in [6.45, 7) is 3.69. The number of amides is 2. The third-order valence-corrected chi connectivity index (χ3v) is 5.53. The van der Waals surface area contributed by atoms with Gasteiger partial charge in [0.25, 0.3) is 5.91 Å². The zero-order chi connectivity index (χ0) is 17.6. The molecular weight excluding hydrogens is 314 g/mol. The summed E-state index contributed by atoms with van der Waals surface area (Å²) in [6.07, 6.45) is 6.47. The van der Waals surface area contributed by atoms with Crippen LogP contribution in [0.4, 0.5) is 0 Å². The molecule has 1 heterocycles. The minimum atomic E-state index is -0.0913. The van der Waals surface area contributed by atoms with Crippen LogP contribution in [0, 0.1) is 0 Å². The number of hydrogen-bond acceptors (Lipinski definition) is 3. The Labute approximate surface area is 150 Å². The Morgan fingerprint density at radius 3 is 2.20 bits per heavy atom. The molecule has 1 aromatic rings. The minimum absolute atomic E-state index is 0.00826. The van der Waals surface area contributed by atoms with E-state index in [4.69, 9.17) is 0 Å². The number of carbonyl (C=O) groups excluding carboxylic acids is 2. The van der Waals surface area contributed by atoms with E-state index in [-0.39, 0.29) is 23.9 Å². The van der Waals surface area contributed by atoms with Crippen LogP contribution in [0.25, 0.3) is 0 Å². The highest BCUT2D eigenvalue weighted by Crippen LogP contribution is 2.19. The van der Waals surface area contributed by atoms with Crippen LogP contribution < -0.4 is 10.6 Å². The molecule has 0 aromatic heterocycles. The average Bonchev–Trinajstić information content (AvgIpc) is 3.15. The van der Waals surface area contributed by atoms with E-state index in [1.165, 1.54) is 12.8 Å². The molecule has 0 spiro atoms. The second-order valence-electron chi connectivity index (χ2n) is 7.32. The van der Waals surface area contributed by atoms with Crippen molar-refractivity contribution in [2.24, 2.45) is 0 Å². The van der Waals surface area contributed by atoms with E-state index in [9.17, 15) is 9.59 Å². The standard InChI is InChI=1S/C20H29N3O2/c1-15(19(24)21-17-9-5-6-10-17)23-13-11-18(12-14-23)22-20(25)16-7-3-2-4-8-16/h2-4,7-8,15,17-18H,5-6,9-14H2,1H3,(H,21,24)(H,22,25)/t15-/m0/s1. The van der Waals surface area contributed by atoms with Crippen LogP contribution in [0.15, 0.2) is 30.3 Å². The molecule has 5 nitrogen and oxygen atoms in total. The number of rotatable bonds is 5. The summed E-state index contributed by atoms with van der Waals surface area (Å²) in [6, 6.07) is 9.80. The topological polar surface area (TPSA) is 61.4 Å². The summed E-state index contributed by atoms with van der Waals surface area (Å²) in [5.41, 5.74) is 0.703. The van der Waals surface area contributed by atoms with Crippen LogP contribution in [-0.4, -0.2) is 47.9 Å². The van der Waals surface area contributed by atoms with Gasteiger partial charge in [-0.05, 0) is 44.7 Å². The molecule has 0 bridgehead atoms. The number of nitrogens with zero attached hydrogens (tertiary/aromatic N) is 1. The molecule has 2 amide bonds. The van der Waals surface area contributed by atoms with Crippen LogP contribution in [0.5, 0.6) is 0 Å². The van der Waals surface area contributed by atoms with Gasteiger partial charge in [-0.1, -0.05) is 31.0 Å². The molecule has 0 unspecified atom stereocenters. The van der Waals surface area contributed by atoms with Gasteiger partial charge in [0.2, 0.25) is 5.91 Å². The smallest absolute Gasteiger partial charge is 0.251 e. The van der Waals surface area contributed by atoms with E-state index in [0.29, 0.717) is 11.6 Å². The first-order valence-electron chi connectivity index (χ1n) is 9.54. The van der Waals surface area contributed by atoms with E-state index >= 15 is 0 Å². The highest BCUT2D eigenvalue weighted by atomic mass is 16.2. The summed E-state index contributed by atoms with van der Waals surface area (Å²) < 4.78 is 0. The minimum Gasteiger partial charge on any atom is -0.352 e. The Morgan fingerprint density at radius 1 is 0.960 bits per heavy atom. The molecule has 1 aliphatic heterocycles. The molecule has 1 atom stereocenters. The number of hydrogen-bond donors (Lipinski definition) is 2. The first-order valence-corrected chi connectivity index (χ1v) is 9.54. The van der Waals surface area contributed by atoms with Gasteiger partial charge in [-0.15, -0.1) is 0 Å². The van der Waals surface area contributed by atoms with Crippen molar-refractivity contribution in [3.63, 3.8) is 0 Å². The lowest BCUT2D eigenvalue weighted by Crippen LogP contribution is -2.52. The molecule has 5 heteroatoms. The lowest BCUT2D eigenvalue weighted by molar-refractivity contribution is -0.127. The first kappa shape index (κ1) is 17.9. The first-order chi connectivity index (χ1) is 12.1. The Hall–Kier alpha value is -1.88. The second-order valence-corrected chi connectivity index (χ2v) is 7.32. The monoisotopic (exact) mass is 343 g/mol. The summed E-state index contributed by atoms with van der Waals surface area (Å²) in [4.78, 5) is 26.9. The van der Waals surface area contributed by atoms with E-state index in [0.717, 1.165) is 38.8 Å². The summed E-state index contributed by atoms with van der Waals surface area (Å²) >= 11 is 0. The van der Waals surface area contributed by atoms with Crippen LogP contribution in [-0.2, 0) is 4.79 Å². The van der Waals surface area contributed by atoms with Crippen LogP contribution >= 0.6 is 0 Å². The van der Waals surface area contributed by atoms with Crippen molar-refractivity contribution in [2.45, 2.75) is 63.6 Å². The maximum absolute atomic E-state index is 12.4. The van der Waals surface area contributed by atoms with Crippen molar-refractivity contribution in [3.05, 3.63) is 35.9 Å². The molecule has 136 valence electrons. The van der Waals surface area contributed by atoms with Gasteiger partial charge >= 0.3 is 0 Å². The second kappa shape index (κ2) is 8.48. The van der Waals surface area contributed by atoms with Crippen molar-refractivity contribution in [2.75, 3.05) is 13.1 Å². The third kappa shape index (κ3) is 4.82. The average molecular weight is 343 g/mol. The molecule has 1 saturated heterocycles. The van der Waals surface area contributed by atoms with Gasteiger partial charge < -0.3 is 10.6 Å².